The molecule has 1 aliphatic heterocycles. The molecule has 1 aromatic carbocycles. The van der Waals surface area contributed by atoms with Gasteiger partial charge in [-0.3, -0.25) is 9.69 Å². The highest BCUT2D eigenvalue weighted by molar-refractivity contribution is 9.10. The molecule has 21 heavy (non-hydrogen) atoms. The minimum atomic E-state index is -0.206. The lowest BCUT2D eigenvalue weighted by atomic mass is 9.88. The predicted octanol–water partition coefficient (Wildman–Crippen LogP) is 2.42. The Morgan fingerprint density at radius 3 is 2.62 bits per heavy atom. The summed E-state index contributed by atoms with van der Waals surface area (Å²) in [5.74, 6) is -0.285. The van der Waals surface area contributed by atoms with Gasteiger partial charge in [-0.2, -0.15) is 0 Å². The van der Waals surface area contributed by atoms with Crippen molar-refractivity contribution in [1.29, 1.82) is 0 Å². The van der Waals surface area contributed by atoms with Gasteiger partial charge in [0.1, 0.15) is 0 Å². The zero-order valence-corrected chi connectivity index (χ0v) is 14.2. The van der Waals surface area contributed by atoms with Crippen LogP contribution in [0.2, 0.25) is 0 Å². The molecule has 0 spiro atoms. The molecule has 5 heteroatoms. The predicted molar refractivity (Wildman–Crippen MR) is 88.6 cm³/mol. The fourth-order valence-corrected chi connectivity index (χ4v) is 3.75. The summed E-state index contributed by atoms with van der Waals surface area (Å²) in [5.41, 5.74) is 13.0. The van der Waals surface area contributed by atoms with Crippen LogP contribution in [0.5, 0.6) is 0 Å². The maximum atomic E-state index is 11.6. The van der Waals surface area contributed by atoms with Crippen LogP contribution in [0.15, 0.2) is 28.7 Å². The molecule has 1 fully saturated rings. The quantitative estimate of drug-likeness (QED) is 0.872. The summed E-state index contributed by atoms with van der Waals surface area (Å²) >= 11 is 3.62. The van der Waals surface area contributed by atoms with Gasteiger partial charge in [-0.05, 0) is 38.3 Å². The fourth-order valence-electron chi connectivity index (χ4n) is 3.23. The van der Waals surface area contributed by atoms with Gasteiger partial charge >= 0.3 is 0 Å². The van der Waals surface area contributed by atoms with Crippen LogP contribution >= 0.6 is 15.9 Å². The Labute approximate surface area is 135 Å². The van der Waals surface area contributed by atoms with Gasteiger partial charge < -0.3 is 11.5 Å². The highest BCUT2D eigenvalue weighted by Gasteiger charge is 2.35. The molecular formula is C16H24BrN3O. The summed E-state index contributed by atoms with van der Waals surface area (Å²) in [5, 5.41) is 0. The summed E-state index contributed by atoms with van der Waals surface area (Å²) in [6.45, 7) is 4.90. The number of benzene rings is 1. The standard InChI is InChI=1S/C16H24BrN3O/c1-10-7-8-12(16(19)21)9-20(10)15(11(2)18)13-5-3-4-6-14(13)17/h3-6,10-12,15H,7-9,18H2,1-2H3,(H2,19,21). The van der Waals surface area contributed by atoms with Gasteiger partial charge in [-0.25, -0.2) is 0 Å². The van der Waals surface area contributed by atoms with E-state index in [9.17, 15) is 4.79 Å². The number of amides is 1. The van der Waals surface area contributed by atoms with E-state index in [2.05, 4.69) is 33.8 Å². The topological polar surface area (TPSA) is 72.3 Å². The van der Waals surface area contributed by atoms with E-state index in [1.807, 2.05) is 25.1 Å². The average Bonchev–Trinajstić information content (AvgIpc) is 2.42. The van der Waals surface area contributed by atoms with Crippen molar-refractivity contribution < 1.29 is 4.79 Å². The van der Waals surface area contributed by atoms with Crippen molar-refractivity contribution in [2.45, 2.75) is 44.8 Å². The molecule has 0 aliphatic carbocycles. The van der Waals surface area contributed by atoms with E-state index in [0.717, 1.165) is 17.3 Å². The first kappa shape index (κ1) is 16.5. The van der Waals surface area contributed by atoms with Crippen LogP contribution in [0.4, 0.5) is 0 Å². The van der Waals surface area contributed by atoms with Crippen LogP contribution < -0.4 is 11.5 Å². The van der Waals surface area contributed by atoms with E-state index in [0.29, 0.717) is 12.6 Å². The molecule has 0 radical (unpaired) electrons. The summed E-state index contributed by atoms with van der Waals surface area (Å²) in [6.07, 6.45) is 1.84. The summed E-state index contributed by atoms with van der Waals surface area (Å²) < 4.78 is 1.06. The van der Waals surface area contributed by atoms with Gasteiger partial charge in [-0.15, -0.1) is 0 Å². The van der Waals surface area contributed by atoms with Crippen LogP contribution in [0.25, 0.3) is 0 Å². The molecule has 0 saturated carbocycles. The van der Waals surface area contributed by atoms with Gasteiger partial charge in [0, 0.05) is 23.1 Å². The minimum Gasteiger partial charge on any atom is -0.369 e. The van der Waals surface area contributed by atoms with Crippen molar-refractivity contribution in [2.24, 2.45) is 17.4 Å². The van der Waals surface area contributed by atoms with E-state index in [1.54, 1.807) is 0 Å². The number of hydrogen-bond donors (Lipinski definition) is 2. The van der Waals surface area contributed by atoms with Crippen LogP contribution in [0.3, 0.4) is 0 Å². The first-order valence-electron chi connectivity index (χ1n) is 7.47. The number of primary amides is 1. The highest BCUT2D eigenvalue weighted by Crippen LogP contribution is 2.35. The van der Waals surface area contributed by atoms with Gasteiger partial charge in [0.25, 0.3) is 0 Å². The first-order valence-corrected chi connectivity index (χ1v) is 8.26. The third kappa shape index (κ3) is 3.65. The molecule has 4 atom stereocenters. The number of nitrogens with zero attached hydrogens (tertiary/aromatic N) is 1. The first-order chi connectivity index (χ1) is 9.91. The number of nitrogens with two attached hydrogens (primary N) is 2. The molecule has 0 aromatic heterocycles. The second-order valence-electron chi connectivity index (χ2n) is 6.05. The zero-order valence-electron chi connectivity index (χ0n) is 12.6. The Morgan fingerprint density at radius 2 is 2.05 bits per heavy atom. The number of carbonyl (C=O) groups is 1. The molecule has 116 valence electrons. The molecule has 1 amide bonds. The normalized spacial score (nSPS) is 26.3. The molecule has 1 heterocycles. The van der Waals surface area contributed by atoms with Crippen LogP contribution in [0.1, 0.15) is 38.3 Å². The number of halogens is 1. The van der Waals surface area contributed by atoms with E-state index >= 15 is 0 Å². The highest BCUT2D eigenvalue weighted by atomic mass is 79.9. The SMILES string of the molecule is CC(N)C(c1ccccc1Br)N1CC(C(N)=O)CCC1C. The van der Waals surface area contributed by atoms with Gasteiger partial charge in [0.2, 0.25) is 5.91 Å². The Kier molecular flexibility index (Phi) is 5.41. The molecule has 1 saturated heterocycles. The van der Waals surface area contributed by atoms with Gasteiger partial charge in [0.05, 0.1) is 12.0 Å². The molecule has 4 nitrogen and oxygen atoms in total. The second-order valence-corrected chi connectivity index (χ2v) is 6.90. The van der Waals surface area contributed by atoms with Crippen molar-refractivity contribution in [1.82, 2.24) is 4.90 Å². The number of likely N-dealkylation sites (tertiary alicyclic amines) is 1. The Balaban J connectivity index is 2.33. The molecular weight excluding hydrogens is 330 g/mol. The third-order valence-corrected chi connectivity index (χ3v) is 5.13. The molecule has 1 aromatic rings. The Hall–Kier alpha value is -0.910. The lowest BCUT2D eigenvalue weighted by Gasteiger charge is -2.44. The van der Waals surface area contributed by atoms with E-state index in [4.69, 9.17) is 11.5 Å². The number of rotatable bonds is 4. The summed E-state index contributed by atoms with van der Waals surface area (Å²) in [6, 6.07) is 8.59. The molecule has 1 aliphatic rings. The Morgan fingerprint density at radius 1 is 1.38 bits per heavy atom. The molecule has 2 rings (SSSR count). The van der Waals surface area contributed by atoms with Crippen molar-refractivity contribution in [3.63, 3.8) is 0 Å². The summed E-state index contributed by atoms with van der Waals surface area (Å²) in [7, 11) is 0. The van der Waals surface area contributed by atoms with Crippen LogP contribution in [-0.2, 0) is 4.79 Å². The van der Waals surface area contributed by atoms with Gasteiger partial charge in [-0.1, -0.05) is 34.1 Å². The number of hydrogen-bond acceptors (Lipinski definition) is 3. The monoisotopic (exact) mass is 353 g/mol. The van der Waals surface area contributed by atoms with E-state index in [-0.39, 0.29) is 23.9 Å². The maximum absolute atomic E-state index is 11.6. The third-order valence-electron chi connectivity index (χ3n) is 4.41. The molecule has 4 N–H and O–H groups in total. The van der Waals surface area contributed by atoms with Crippen molar-refractivity contribution in [3.8, 4) is 0 Å². The van der Waals surface area contributed by atoms with Gasteiger partial charge in [0.15, 0.2) is 0 Å². The van der Waals surface area contributed by atoms with E-state index < -0.39 is 0 Å². The molecule has 4 unspecified atom stereocenters. The van der Waals surface area contributed by atoms with Crippen molar-refractivity contribution >= 4 is 21.8 Å². The van der Waals surface area contributed by atoms with Crippen molar-refractivity contribution in [3.05, 3.63) is 34.3 Å². The van der Waals surface area contributed by atoms with Crippen molar-refractivity contribution in [2.75, 3.05) is 6.54 Å². The lowest BCUT2D eigenvalue weighted by Crippen LogP contribution is -2.51. The fraction of sp³-hybridized carbons (Fsp3) is 0.562. The average molecular weight is 354 g/mol. The minimum absolute atomic E-state index is 0.0298. The van der Waals surface area contributed by atoms with Crippen LogP contribution in [-0.4, -0.2) is 29.4 Å². The Bertz CT molecular complexity index is 506. The second kappa shape index (κ2) is 6.90. The lowest BCUT2D eigenvalue weighted by molar-refractivity contribution is -0.124. The zero-order chi connectivity index (χ0) is 15.6. The number of carbonyl (C=O) groups excluding carboxylic acids is 1. The smallest absolute Gasteiger partial charge is 0.221 e. The molecule has 0 bridgehead atoms. The largest absolute Gasteiger partial charge is 0.369 e. The maximum Gasteiger partial charge on any atom is 0.221 e. The summed E-state index contributed by atoms with van der Waals surface area (Å²) in [4.78, 5) is 13.9. The van der Waals surface area contributed by atoms with Crippen LogP contribution in [0, 0.1) is 5.92 Å². The van der Waals surface area contributed by atoms with E-state index in [1.165, 1.54) is 5.56 Å². The number of piperidine rings is 1.